The van der Waals surface area contributed by atoms with Crippen molar-refractivity contribution in [3.63, 3.8) is 0 Å². The zero-order valence-corrected chi connectivity index (χ0v) is 11.8. The van der Waals surface area contributed by atoms with Crippen LogP contribution in [0.1, 0.15) is 31.6 Å². The van der Waals surface area contributed by atoms with Crippen LogP contribution in [0, 0.1) is 0 Å². The van der Waals surface area contributed by atoms with Gasteiger partial charge in [-0.1, -0.05) is 0 Å². The molecule has 1 aliphatic rings. The molecule has 6 nitrogen and oxygen atoms in total. The second kappa shape index (κ2) is 7.91. The van der Waals surface area contributed by atoms with Gasteiger partial charge in [0.1, 0.15) is 12.4 Å². The molecule has 1 aromatic rings. The van der Waals surface area contributed by atoms with Crippen molar-refractivity contribution in [1.82, 2.24) is 14.9 Å². The summed E-state index contributed by atoms with van der Waals surface area (Å²) in [5, 5.41) is 0. The summed E-state index contributed by atoms with van der Waals surface area (Å²) >= 11 is 0. The van der Waals surface area contributed by atoms with Crippen molar-refractivity contribution < 1.29 is 14.3 Å². The number of likely N-dealkylation sites (tertiary alicyclic amines) is 1. The highest BCUT2D eigenvalue weighted by Gasteiger charge is 2.27. The maximum atomic E-state index is 11.1. The van der Waals surface area contributed by atoms with Gasteiger partial charge < -0.3 is 9.47 Å². The summed E-state index contributed by atoms with van der Waals surface area (Å²) in [5.41, 5.74) is 0. The highest BCUT2D eigenvalue weighted by atomic mass is 16.6. The van der Waals surface area contributed by atoms with Crippen LogP contribution in [-0.2, 0) is 14.3 Å². The van der Waals surface area contributed by atoms with Crippen LogP contribution in [-0.4, -0.2) is 53.7 Å². The first-order valence-corrected chi connectivity index (χ1v) is 7.05. The summed E-state index contributed by atoms with van der Waals surface area (Å²) in [6.45, 7) is 4.51. The average Bonchev–Trinajstić information content (AvgIpc) is 2.93. The minimum Gasteiger partial charge on any atom is -0.464 e. The Morgan fingerprint density at radius 2 is 2.25 bits per heavy atom. The predicted octanol–water partition coefficient (Wildman–Crippen LogP) is 1.19. The van der Waals surface area contributed by atoms with E-state index in [2.05, 4.69) is 14.9 Å². The fourth-order valence-electron chi connectivity index (χ4n) is 2.41. The predicted molar refractivity (Wildman–Crippen MR) is 73.0 cm³/mol. The molecule has 0 N–H and O–H groups in total. The van der Waals surface area contributed by atoms with Gasteiger partial charge in [-0.25, -0.2) is 14.8 Å². The highest BCUT2D eigenvalue weighted by Crippen LogP contribution is 2.28. The normalized spacial score (nSPS) is 19.1. The largest absolute Gasteiger partial charge is 0.464 e. The first kappa shape index (κ1) is 14.9. The monoisotopic (exact) mass is 279 g/mol. The molecule has 1 aliphatic heterocycles. The summed E-state index contributed by atoms with van der Waals surface area (Å²) in [5.74, 6) is 0.562. The van der Waals surface area contributed by atoms with E-state index in [1.165, 1.54) is 0 Å². The van der Waals surface area contributed by atoms with Gasteiger partial charge in [-0.15, -0.1) is 0 Å². The van der Waals surface area contributed by atoms with Crippen LogP contribution in [0.3, 0.4) is 0 Å². The van der Waals surface area contributed by atoms with Gasteiger partial charge in [0.25, 0.3) is 0 Å². The lowest BCUT2D eigenvalue weighted by molar-refractivity contribution is -0.148. The van der Waals surface area contributed by atoms with E-state index >= 15 is 0 Å². The van der Waals surface area contributed by atoms with E-state index < -0.39 is 0 Å². The molecule has 2 rings (SSSR count). The lowest BCUT2D eigenvalue weighted by Gasteiger charge is -2.22. The molecule has 110 valence electrons. The number of rotatable bonds is 7. The molecule has 0 unspecified atom stereocenters. The topological polar surface area (TPSA) is 64.6 Å². The molecule has 0 radical (unpaired) electrons. The fraction of sp³-hybridized carbons (Fsp3) is 0.643. The van der Waals surface area contributed by atoms with Crippen LogP contribution in [0.4, 0.5) is 0 Å². The number of carbonyl (C=O) groups excluding carboxylic acids is 1. The number of hydrogen-bond acceptors (Lipinski definition) is 6. The summed E-state index contributed by atoms with van der Waals surface area (Å²) in [6.07, 6.45) is 5.76. The lowest BCUT2D eigenvalue weighted by Crippen LogP contribution is -2.29. The van der Waals surface area contributed by atoms with Gasteiger partial charge in [-0.3, -0.25) is 4.90 Å². The van der Waals surface area contributed by atoms with Crippen molar-refractivity contribution in [3.8, 4) is 0 Å². The van der Waals surface area contributed by atoms with Crippen LogP contribution in [0.15, 0.2) is 18.5 Å². The molecule has 1 fully saturated rings. The fourth-order valence-corrected chi connectivity index (χ4v) is 2.41. The van der Waals surface area contributed by atoms with Gasteiger partial charge in [-0.05, 0) is 32.4 Å². The summed E-state index contributed by atoms with van der Waals surface area (Å²) < 4.78 is 10.1. The number of hydrogen-bond donors (Lipinski definition) is 0. The number of carbonyl (C=O) groups is 1. The molecule has 6 heteroatoms. The minimum atomic E-state index is -0.308. The van der Waals surface area contributed by atoms with Crippen LogP contribution in [0.25, 0.3) is 0 Å². The first-order valence-electron chi connectivity index (χ1n) is 7.05. The van der Waals surface area contributed by atoms with Gasteiger partial charge in [0.2, 0.25) is 0 Å². The molecule has 1 saturated heterocycles. The van der Waals surface area contributed by atoms with E-state index in [0.29, 0.717) is 13.2 Å². The van der Waals surface area contributed by atoms with Crippen LogP contribution in [0.2, 0.25) is 0 Å². The van der Waals surface area contributed by atoms with Crippen molar-refractivity contribution >= 4 is 5.97 Å². The van der Waals surface area contributed by atoms with E-state index in [0.717, 1.165) is 31.8 Å². The molecule has 0 aliphatic carbocycles. The third-order valence-electron chi connectivity index (χ3n) is 3.30. The van der Waals surface area contributed by atoms with Gasteiger partial charge in [0.05, 0.1) is 19.3 Å². The van der Waals surface area contributed by atoms with Crippen LogP contribution in [0.5, 0.6) is 0 Å². The standard InChI is InChI=1S/C14H21N3O3/c1-2-20-13(18)11-19-10-9-17-8-3-5-12(17)14-15-6-4-7-16-14/h4,6-7,12H,2-3,5,8-11H2,1H3/t12-/m0/s1. The van der Waals surface area contributed by atoms with E-state index in [1.807, 2.05) is 6.07 Å². The summed E-state index contributed by atoms with van der Waals surface area (Å²) in [7, 11) is 0. The van der Waals surface area contributed by atoms with Crippen molar-refractivity contribution in [1.29, 1.82) is 0 Å². The quantitative estimate of drug-likeness (QED) is 0.552. The molecule has 0 aromatic carbocycles. The van der Waals surface area contributed by atoms with Crippen LogP contribution < -0.4 is 0 Å². The van der Waals surface area contributed by atoms with Crippen LogP contribution >= 0.6 is 0 Å². The van der Waals surface area contributed by atoms with Gasteiger partial charge in [0.15, 0.2) is 0 Å². The van der Waals surface area contributed by atoms with E-state index in [4.69, 9.17) is 9.47 Å². The zero-order valence-electron chi connectivity index (χ0n) is 11.8. The second-order valence-corrected chi connectivity index (χ2v) is 4.66. The third kappa shape index (κ3) is 4.25. The molecule has 0 amide bonds. The lowest BCUT2D eigenvalue weighted by atomic mass is 10.2. The summed E-state index contributed by atoms with van der Waals surface area (Å²) in [4.78, 5) is 22.1. The molecule has 1 atom stereocenters. The van der Waals surface area contributed by atoms with E-state index in [1.54, 1.807) is 19.3 Å². The maximum absolute atomic E-state index is 11.1. The molecule has 1 aromatic heterocycles. The highest BCUT2D eigenvalue weighted by molar-refractivity contribution is 5.70. The van der Waals surface area contributed by atoms with E-state index in [-0.39, 0.29) is 18.6 Å². The Labute approximate surface area is 119 Å². The van der Waals surface area contributed by atoms with Crippen molar-refractivity contribution in [3.05, 3.63) is 24.3 Å². The Bertz CT molecular complexity index is 413. The zero-order chi connectivity index (χ0) is 14.2. The van der Waals surface area contributed by atoms with Crippen molar-refractivity contribution in [2.24, 2.45) is 0 Å². The van der Waals surface area contributed by atoms with Crippen molar-refractivity contribution in [2.75, 3.05) is 32.9 Å². The third-order valence-corrected chi connectivity index (χ3v) is 3.30. The van der Waals surface area contributed by atoms with E-state index in [9.17, 15) is 4.79 Å². The Hall–Kier alpha value is -1.53. The Kier molecular flexibility index (Phi) is 5.88. The molecular weight excluding hydrogens is 258 g/mol. The number of ether oxygens (including phenoxy) is 2. The second-order valence-electron chi connectivity index (χ2n) is 4.66. The summed E-state index contributed by atoms with van der Waals surface area (Å²) in [6, 6.07) is 2.09. The molecular formula is C14H21N3O3. The molecule has 0 bridgehead atoms. The number of aromatic nitrogens is 2. The average molecular weight is 279 g/mol. The number of nitrogens with zero attached hydrogens (tertiary/aromatic N) is 3. The Morgan fingerprint density at radius 3 is 3.00 bits per heavy atom. The van der Waals surface area contributed by atoms with Gasteiger partial charge >= 0.3 is 5.97 Å². The molecule has 20 heavy (non-hydrogen) atoms. The first-order chi connectivity index (χ1) is 9.81. The van der Waals surface area contributed by atoms with Gasteiger partial charge in [-0.2, -0.15) is 0 Å². The van der Waals surface area contributed by atoms with Crippen molar-refractivity contribution in [2.45, 2.75) is 25.8 Å². The molecule has 0 spiro atoms. The van der Waals surface area contributed by atoms with Gasteiger partial charge in [0, 0.05) is 18.9 Å². The SMILES string of the molecule is CCOC(=O)COCCN1CCC[C@H]1c1ncccn1. The minimum absolute atomic E-state index is 0.0220. The Balaban J connectivity index is 1.74. The Morgan fingerprint density at radius 1 is 1.45 bits per heavy atom. The maximum Gasteiger partial charge on any atom is 0.332 e. The molecule has 0 saturated carbocycles. The molecule has 2 heterocycles. The number of esters is 1. The smallest absolute Gasteiger partial charge is 0.332 e.